The molecular weight excluding hydrogens is 138 g/mol. The van der Waals surface area contributed by atoms with Gasteiger partial charge in [0.1, 0.15) is 6.33 Å². The molecule has 1 aliphatic rings. The molecule has 0 atom stereocenters. The van der Waals surface area contributed by atoms with Crippen LogP contribution in [0.4, 0.5) is 0 Å². The first kappa shape index (κ1) is 6.73. The van der Waals surface area contributed by atoms with Crippen LogP contribution >= 0.6 is 0 Å². The highest BCUT2D eigenvalue weighted by Crippen LogP contribution is 2.12. The van der Waals surface area contributed by atoms with Gasteiger partial charge in [-0.25, -0.2) is 9.97 Å². The van der Waals surface area contributed by atoms with Gasteiger partial charge in [0.25, 0.3) is 0 Å². The minimum atomic E-state index is 0.933. The summed E-state index contributed by atoms with van der Waals surface area (Å²) in [6.07, 6.45) is 2.69. The van der Waals surface area contributed by atoms with E-state index >= 15 is 0 Å². The molecule has 1 aliphatic heterocycles. The highest BCUT2D eigenvalue weighted by molar-refractivity contribution is 5.25. The summed E-state index contributed by atoms with van der Waals surface area (Å²) in [4.78, 5) is 8.37. The third-order valence-corrected chi connectivity index (χ3v) is 2.09. The van der Waals surface area contributed by atoms with Crippen LogP contribution in [0.3, 0.4) is 0 Å². The SMILES string of the molecule is Cc1ncnc2c1CNCC2. The summed E-state index contributed by atoms with van der Waals surface area (Å²) in [6, 6.07) is 0. The van der Waals surface area contributed by atoms with E-state index in [4.69, 9.17) is 0 Å². The number of nitrogens with zero attached hydrogens (tertiary/aromatic N) is 2. The molecule has 0 spiro atoms. The van der Waals surface area contributed by atoms with Crippen LogP contribution in [0.2, 0.25) is 0 Å². The molecule has 0 unspecified atom stereocenters. The Balaban J connectivity index is 2.49. The van der Waals surface area contributed by atoms with Crippen molar-refractivity contribution in [3.8, 4) is 0 Å². The molecule has 1 aromatic heterocycles. The van der Waals surface area contributed by atoms with Crippen molar-refractivity contribution in [3.05, 3.63) is 23.3 Å². The Morgan fingerprint density at radius 1 is 1.45 bits per heavy atom. The number of rotatable bonds is 0. The second-order valence-electron chi connectivity index (χ2n) is 2.81. The van der Waals surface area contributed by atoms with Crippen LogP contribution in [0.15, 0.2) is 6.33 Å². The molecule has 11 heavy (non-hydrogen) atoms. The number of hydrogen-bond acceptors (Lipinski definition) is 3. The van der Waals surface area contributed by atoms with Gasteiger partial charge < -0.3 is 5.32 Å². The Morgan fingerprint density at radius 3 is 3.18 bits per heavy atom. The quantitative estimate of drug-likeness (QED) is 0.581. The van der Waals surface area contributed by atoms with Crippen LogP contribution < -0.4 is 5.32 Å². The zero-order valence-corrected chi connectivity index (χ0v) is 6.59. The van der Waals surface area contributed by atoms with Gasteiger partial charge in [0.05, 0.1) is 0 Å². The van der Waals surface area contributed by atoms with E-state index in [2.05, 4.69) is 15.3 Å². The van der Waals surface area contributed by atoms with E-state index in [1.807, 2.05) is 6.92 Å². The van der Waals surface area contributed by atoms with E-state index in [-0.39, 0.29) is 0 Å². The van der Waals surface area contributed by atoms with Crippen molar-refractivity contribution in [1.29, 1.82) is 0 Å². The van der Waals surface area contributed by atoms with Crippen LogP contribution in [0.5, 0.6) is 0 Å². The van der Waals surface area contributed by atoms with Gasteiger partial charge in [-0.1, -0.05) is 0 Å². The Labute approximate surface area is 65.9 Å². The Hall–Kier alpha value is -0.960. The van der Waals surface area contributed by atoms with E-state index in [1.54, 1.807) is 6.33 Å². The van der Waals surface area contributed by atoms with Crippen molar-refractivity contribution in [2.75, 3.05) is 6.54 Å². The molecule has 0 bridgehead atoms. The molecule has 1 N–H and O–H groups in total. The predicted molar refractivity (Wildman–Crippen MR) is 42.2 cm³/mol. The molecular formula is C8H11N3. The fourth-order valence-electron chi connectivity index (χ4n) is 1.42. The van der Waals surface area contributed by atoms with Crippen molar-refractivity contribution in [1.82, 2.24) is 15.3 Å². The summed E-state index contributed by atoms with van der Waals surface area (Å²) in [5.41, 5.74) is 3.62. The lowest BCUT2D eigenvalue weighted by Crippen LogP contribution is -2.25. The smallest absolute Gasteiger partial charge is 0.115 e. The summed E-state index contributed by atoms with van der Waals surface area (Å²) in [6.45, 7) is 4.01. The minimum Gasteiger partial charge on any atom is -0.312 e. The van der Waals surface area contributed by atoms with Gasteiger partial charge in [0.2, 0.25) is 0 Å². The second kappa shape index (κ2) is 2.58. The van der Waals surface area contributed by atoms with Crippen LogP contribution in [0.1, 0.15) is 17.0 Å². The van der Waals surface area contributed by atoms with E-state index < -0.39 is 0 Å². The predicted octanol–water partition coefficient (Wildman–Crippen LogP) is 0.431. The van der Waals surface area contributed by atoms with E-state index in [9.17, 15) is 0 Å². The number of aromatic nitrogens is 2. The number of aryl methyl sites for hydroxylation is 1. The first-order valence-corrected chi connectivity index (χ1v) is 3.88. The molecule has 0 saturated carbocycles. The summed E-state index contributed by atoms with van der Waals surface area (Å²) in [5.74, 6) is 0. The van der Waals surface area contributed by atoms with Gasteiger partial charge >= 0.3 is 0 Å². The molecule has 3 heteroatoms. The molecule has 0 aromatic carbocycles. The fourth-order valence-corrected chi connectivity index (χ4v) is 1.42. The average Bonchev–Trinajstić information content (AvgIpc) is 2.06. The summed E-state index contributed by atoms with van der Waals surface area (Å²) >= 11 is 0. The summed E-state index contributed by atoms with van der Waals surface area (Å²) < 4.78 is 0. The fraction of sp³-hybridized carbons (Fsp3) is 0.500. The monoisotopic (exact) mass is 149 g/mol. The first-order valence-electron chi connectivity index (χ1n) is 3.88. The van der Waals surface area contributed by atoms with Crippen LogP contribution in [0.25, 0.3) is 0 Å². The lowest BCUT2D eigenvalue weighted by molar-refractivity contribution is 0.620. The van der Waals surface area contributed by atoms with Crippen molar-refractivity contribution in [2.45, 2.75) is 19.9 Å². The Kier molecular flexibility index (Phi) is 1.58. The molecule has 2 heterocycles. The molecule has 0 radical (unpaired) electrons. The maximum atomic E-state index is 4.23. The Bertz CT molecular complexity index is 270. The molecule has 0 saturated heterocycles. The molecule has 0 amide bonds. The zero-order valence-electron chi connectivity index (χ0n) is 6.59. The highest BCUT2D eigenvalue weighted by Gasteiger charge is 2.11. The topological polar surface area (TPSA) is 37.8 Å². The lowest BCUT2D eigenvalue weighted by Gasteiger charge is -2.16. The van der Waals surface area contributed by atoms with Gasteiger partial charge in [-0.05, 0) is 6.92 Å². The number of hydrogen-bond donors (Lipinski definition) is 1. The molecule has 3 nitrogen and oxygen atoms in total. The van der Waals surface area contributed by atoms with Gasteiger partial charge in [0, 0.05) is 36.5 Å². The van der Waals surface area contributed by atoms with E-state index in [0.717, 1.165) is 25.2 Å². The van der Waals surface area contributed by atoms with E-state index in [1.165, 1.54) is 11.3 Å². The lowest BCUT2D eigenvalue weighted by atomic mass is 10.1. The van der Waals surface area contributed by atoms with Crippen molar-refractivity contribution in [3.63, 3.8) is 0 Å². The van der Waals surface area contributed by atoms with Crippen molar-refractivity contribution < 1.29 is 0 Å². The third kappa shape index (κ3) is 1.12. The minimum absolute atomic E-state index is 0.933. The second-order valence-corrected chi connectivity index (χ2v) is 2.81. The summed E-state index contributed by atoms with van der Waals surface area (Å²) in [5, 5.41) is 3.30. The van der Waals surface area contributed by atoms with Crippen LogP contribution in [-0.2, 0) is 13.0 Å². The van der Waals surface area contributed by atoms with Crippen molar-refractivity contribution in [2.24, 2.45) is 0 Å². The third-order valence-electron chi connectivity index (χ3n) is 2.09. The normalized spacial score (nSPS) is 16.1. The van der Waals surface area contributed by atoms with Gasteiger partial charge in [-0.15, -0.1) is 0 Å². The van der Waals surface area contributed by atoms with Crippen LogP contribution in [0, 0.1) is 6.92 Å². The van der Waals surface area contributed by atoms with Gasteiger partial charge in [-0.2, -0.15) is 0 Å². The number of nitrogens with one attached hydrogen (secondary N) is 1. The number of fused-ring (bicyclic) bond motifs is 1. The standard InChI is InChI=1S/C8H11N3/c1-6-7-4-9-3-2-8(7)11-5-10-6/h5,9H,2-4H2,1H3. The summed E-state index contributed by atoms with van der Waals surface area (Å²) in [7, 11) is 0. The largest absolute Gasteiger partial charge is 0.312 e. The molecule has 2 rings (SSSR count). The first-order chi connectivity index (χ1) is 5.38. The van der Waals surface area contributed by atoms with Gasteiger partial charge in [-0.3, -0.25) is 0 Å². The average molecular weight is 149 g/mol. The van der Waals surface area contributed by atoms with Crippen molar-refractivity contribution >= 4 is 0 Å². The molecule has 58 valence electrons. The highest BCUT2D eigenvalue weighted by atomic mass is 14.9. The van der Waals surface area contributed by atoms with Crippen LogP contribution in [-0.4, -0.2) is 16.5 Å². The molecule has 0 fully saturated rings. The molecule has 1 aromatic rings. The Morgan fingerprint density at radius 2 is 2.36 bits per heavy atom. The zero-order chi connectivity index (χ0) is 7.68. The van der Waals surface area contributed by atoms with E-state index in [0.29, 0.717) is 0 Å². The molecule has 0 aliphatic carbocycles. The maximum Gasteiger partial charge on any atom is 0.115 e. The maximum absolute atomic E-state index is 4.23. The van der Waals surface area contributed by atoms with Gasteiger partial charge in [0.15, 0.2) is 0 Å².